The van der Waals surface area contributed by atoms with Crippen molar-refractivity contribution in [1.29, 1.82) is 0 Å². The van der Waals surface area contributed by atoms with Crippen LogP contribution in [0.4, 0.5) is 5.82 Å². The SMILES string of the molecule is CCC(Oc1ccc2cc(Br)ccc2c1)C(=O)Nc1cc(C)on1. The van der Waals surface area contributed by atoms with E-state index in [4.69, 9.17) is 9.26 Å². The largest absolute Gasteiger partial charge is 0.481 e. The van der Waals surface area contributed by atoms with E-state index >= 15 is 0 Å². The number of ether oxygens (including phenoxy) is 1. The molecule has 124 valence electrons. The fourth-order valence-electron chi connectivity index (χ4n) is 2.39. The van der Waals surface area contributed by atoms with Crippen LogP contribution in [0.5, 0.6) is 5.75 Å². The second-order valence-corrected chi connectivity index (χ2v) is 6.40. The second kappa shape index (κ2) is 7.05. The summed E-state index contributed by atoms with van der Waals surface area (Å²) in [5.74, 6) is 1.44. The van der Waals surface area contributed by atoms with Crippen LogP contribution in [0.3, 0.4) is 0 Å². The molecule has 5 nitrogen and oxygen atoms in total. The molecular formula is C18H17BrN2O3. The zero-order valence-corrected chi connectivity index (χ0v) is 15.0. The molecule has 0 aliphatic heterocycles. The zero-order chi connectivity index (χ0) is 17.1. The molecule has 3 aromatic rings. The third-order valence-corrected chi connectivity index (χ3v) is 4.09. The van der Waals surface area contributed by atoms with Crippen LogP contribution in [0, 0.1) is 6.92 Å². The number of carbonyl (C=O) groups excluding carboxylic acids is 1. The number of halogens is 1. The van der Waals surface area contributed by atoms with E-state index in [2.05, 4.69) is 26.4 Å². The van der Waals surface area contributed by atoms with Gasteiger partial charge in [-0.2, -0.15) is 0 Å². The molecule has 1 N–H and O–H groups in total. The van der Waals surface area contributed by atoms with Crippen LogP contribution in [0.25, 0.3) is 10.8 Å². The Balaban J connectivity index is 1.74. The van der Waals surface area contributed by atoms with E-state index in [0.29, 0.717) is 23.7 Å². The van der Waals surface area contributed by atoms with Crippen LogP contribution in [-0.2, 0) is 4.79 Å². The Bertz CT molecular complexity index is 876. The standard InChI is InChI=1S/C18H17BrN2O3/c1-3-16(18(22)20-17-8-11(2)24-21-17)23-15-7-5-12-9-14(19)6-4-13(12)10-15/h4-10,16H,3H2,1-2H3,(H,20,21,22). The first-order valence-corrected chi connectivity index (χ1v) is 8.44. The van der Waals surface area contributed by atoms with Crippen molar-refractivity contribution in [2.75, 3.05) is 5.32 Å². The summed E-state index contributed by atoms with van der Waals surface area (Å²) < 4.78 is 11.8. The van der Waals surface area contributed by atoms with Crippen molar-refractivity contribution < 1.29 is 14.1 Å². The van der Waals surface area contributed by atoms with Gasteiger partial charge >= 0.3 is 0 Å². The van der Waals surface area contributed by atoms with Gasteiger partial charge in [-0.15, -0.1) is 0 Å². The summed E-state index contributed by atoms with van der Waals surface area (Å²) in [6.45, 7) is 3.67. The maximum atomic E-state index is 12.3. The predicted molar refractivity (Wildman–Crippen MR) is 96.2 cm³/mol. The van der Waals surface area contributed by atoms with Crippen molar-refractivity contribution in [1.82, 2.24) is 5.16 Å². The van der Waals surface area contributed by atoms with Crippen molar-refractivity contribution in [3.8, 4) is 5.75 Å². The lowest BCUT2D eigenvalue weighted by molar-refractivity contribution is -0.122. The van der Waals surface area contributed by atoms with Gasteiger partial charge in [0, 0.05) is 10.5 Å². The van der Waals surface area contributed by atoms with Crippen LogP contribution >= 0.6 is 15.9 Å². The summed E-state index contributed by atoms with van der Waals surface area (Å²) in [6.07, 6.45) is -0.0592. The van der Waals surface area contributed by atoms with Gasteiger partial charge in [0.05, 0.1) is 0 Å². The molecule has 1 unspecified atom stereocenters. The Labute approximate surface area is 148 Å². The summed E-state index contributed by atoms with van der Waals surface area (Å²) in [5.41, 5.74) is 0. The van der Waals surface area contributed by atoms with Gasteiger partial charge in [-0.3, -0.25) is 4.79 Å². The molecule has 0 bridgehead atoms. The molecule has 3 rings (SSSR count). The van der Waals surface area contributed by atoms with Gasteiger partial charge in [-0.05, 0) is 48.4 Å². The smallest absolute Gasteiger partial charge is 0.266 e. The first-order chi connectivity index (χ1) is 11.5. The Morgan fingerprint density at radius 2 is 2.00 bits per heavy atom. The van der Waals surface area contributed by atoms with E-state index < -0.39 is 6.10 Å². The van der Waals surface area contributed by atoms with Crippen LogP contribution in [-0.4, -0.2) is 17.2 Å². The summed E-state index contributed by atoms with van der Waals surface area (Å²) >= 11 is 3.46. The number of anilines is 1. The number of benzene rings is 2. The number of fused-ring (bicyclic) bond motifs is 1. The van der Waals surface area contributed by atoms with Gasteiger partial charge in [0.2, 0.25) is 0 Å². The highest BCUT2D eigenvalue weighted by Gasteiger charge is 2.20. The number of aromatic nitrogens is 1. The number of aryl methyl sites for hydroxylation is 1. The fraction of sp³-hybridized carbons (Fsp3) is 0.222. The van der Waals surface area contributed by atoms with Gasteiger partial charge in [0.25, 0.3) is 5.91 Å². The molecule has 6 heteroatoms. The van der Waals surface area contributed by atoms with Gasteiger partial charge in [-0.1, -0.05) is 40.1 Å². The maximum Gasteiger partial charge on any atom is 0.266 e. The highest BCUT2D eigenvalue weighted by atomic mass is 79.9. The molecule has 0 aliphatic rings. The molecule has 1 amide bonds. The van der Waals surface area contributed by atoms with Crippen LogP contribution < -0.4 is 10.1 Å². The predicted octanol–water partition coefficient (Wildman–Crippen LogP) is 4.69. The molecule has 0 saturated heterocycles. The molecule has 0 aliphatic carbocycles. The molecule has 0 radical (unpaired) electrons. The highest BCUT2D eigenvalue weighted by molar-refractivity contribution is 9.10. The van der Waals surface area contributed by atoms with E-state index in [1.807, 2.05) is 43.3 Å². The van der Waals surface area contributed by atoms with Crippen LogP contribution in [0.1, 0.15) is 19.1 Å². The zero-order valence-electron chi connectivity index (χ0n) is 13.4. The molecule has 2 aromatic carbocycles. The Morgan fingerprint density at radius 1 is 1.25 bits per heavy atom. The average molecular weight is 389 g/mol. The second-order valence-electron chi connectivity index (χ2n) is 5.48. The maximum absolute atomic E-state index is 12.3. The first kappa shape index (κ1) is 16.5. The lowest BCUT2D eigenvalue weighted by Crippen LogP contribution is -2.32. The van der Waals surface area contributed by atoms with E-state index in [9.17, 15) is 4.79 Å². The Hall–Kier alpha value is -2.34. The summed E-state index contributed by atoms with van der Waals surface area (Å²) in [5, 5.41) is 8.62. The number of nitrogens with one attached hydrogen (secondary N) is 1. The van der Waals surface area contributed by atoms with Gasteiger partial charge in [0.1, 0.15) is 11.5 Å². The number of nitrogens with zero attached hydrogens (tertiary/aromatic N) is 1. The van der Waals surface area contributed by atoms with E-state index in [1.165, 1.54) is 0 Å². The van der Waals surface area contributed by atoms with Crippen LogP contribution in [0.2, 0.25) is 0 Å². The highest BCUT2D eigenvalue weighted by Crippen LogP contribution is 2.25. The molecule has 0 fully saturated rings. The molecule has 1 heterocycles. The van der Waals surface area contributed by atoms with Crippen molar-refractivity contribution in [3.63, 3.8) is 0 Å². The van der Waals surface area contributed by atoms with Gasteiger partial charge in [0.15, 0.2) is 11.9 Å². The average Bonchev–Trinajstić information content (AvgIpc) is 2.97. The number of amides is 1. The Kier molecular flexibility index (Phi) is 4.85. The van der Waals surface area contributed by atoms with Gasteiger partial charge in [-0.25, -0.2) is 0 Å². The first-order valence-electron chi connectivity index (χ1n) is 7.65. The monoisotopic (exact) mass is 388 g/mol. The van der Waals surface area contributed by atoms with Crippen molar-refractivity contribution >= 4 is 38.4 Å². The molecule has 1 aromatic heterocycles. The summed E-state index contributed by atoms with van der Waals surface area (Å²) in [7, 11) is 0. The number of carbonyl (C=O) groups is 1. The minimum atomic E-state index is -0.602. The van der Waals surface area contributed by atoms with Crippen molar-refractivity contribution in [2.24, 2.45) is 0 Å². The van der Waals surface area contributed by atoms with Crippen LogP contribution in [0.15, 0.2) is 51.5 Å². The lowest BCUT2D eigenvalue weighted by Gasteiger charge is -2.16. The quantitative estimate of drug-likeness (QED) is 0.687. The minimum absolute atomic E-state index is 0.248. The number of rotatable bonds is 5. The van der Waals surface area contributed by atoms with Gasteiger partial charge < -0.3 is 14.6 Å². The summed E-state index contributed by atoms with van der Waals surface area (Å²) in [4.78, 5) is 12.3. The third-order valence-electron chi connectivity index (χ3n) is 3.59. The lowest BCUT2D eigenvalue weighted by atomic mass is 10.1. The third kappa shape index (κ3) is 3.76. The van der Waals surface area contributed by atoms with E-state index in [1.54, 1.807) is 13.0 Å². The normalized spacial score (nSPS) is 12.1. The molecule has 24 heavy (non-hydrogen) atoms. The van der Waals surface area contributed by atoms with Crippen molar-refractivity contribution in [2.45, 2.75) is 26.4 Å². The van der Waals surface area contributed by atoms with Crippen molar-refractivity contribution in [3.05, 3.63) is 52.7 Å². The van der Waals surface area contributed by atoms with E-state index in [0.717, 1.165) is 15.2 Å². The summed E-state index contributed by atoms with van der Waals surface area (Å²) in [6, 6.07) is 13.5. The molecule has 0 saturated carbocycles. The minimum Gasteiger partial charge on any atom is -0.481 e. The Morgan fingerprint density at radius 3 is 2.71 bits per heavy atom. The fourth-order valence-corrected chi connectivity index (χ4v) is 2.77. The molecule has 0 spiro atoms. The molecule has 1 atom stereocenters. The number of hydrogen-bond acceptors (Lipinski definition) is 4. The molecular weight excluding hydrogens is 372 g/mol. The topological polar surface area (TPSA) is 64.4 Å². The van der Waals surface area contributed by atoms with E-state index in [-0.39, 0.29) is 5.91 Å². The number of hydrogen-bond donors (Lipinski definition) is 1.